The second-order valence-corrected chi connectivity index (χ2v) is 12.5. The van der Waals surface area contributed by atoms with Gasteiger partial charge in [-0.3, -0.25) is 9.69 Å². The van der Waals surface area contributed by atoms with Crippen LogP contribution in [-0.4, -0.2) is 67.9 Å². The molecule has 1 N–H and O–H groups in total. The molecule has 1 atom stereocenters. The Balaban J connectivity index is 1.28. The lowest BCUT2D eigenvalue weighted by Crippen LogP contribution is -2.55. The quantitative estimate of drug-likeness (QED) is 0.267. The molecular formula is C29H30BrF5N4O3S. The molecule has 14 heteroatoms. The summed E-state index contributed by atoms with van der Waals surface area (Å²) in [6.45, 7) is -0.632. The lowest BCUT2D eigenvalue weighted by atomic mass is 9.82. The van der Waals surface area contributed by atoms with Gasteiger partial charge in [0.1, 0.15) is 4.88 Å². The largest absolute Gasteiger partial charge is 0.416 e. The molecule has 3 aromatic rings. The summed E-state index contributed by atoms with van der Waals surface area (Å²) < 4.78 is 76.0. The lowest BCUT2D eigenvalue weighted by Gasteiger charge is -2.41. The first-order valence-electron chi connectivity index (χ1n) is 13.7. The number of rotatable bonds is 9. The molecule has 2 aromatic carbocycles. The molecular weight excluding hydrogens is 659 g/mol. The van der Waals surface area contributed by atoms with E-state index in [2.05, 4.69) is 31.0 Å². The number of piperazine rings is 1. The number of anilines is 1. The van der Waals surface area contributed by atoms with Crippen LogP contribution in [0.25, 0.3) is 0 Å². The molecule has 232 valence electrons. The Hall–Kier alpha value is -2.65. The second kappa shape index (κ2) is 13.6. The highest BCUT2D eigenvalue weighted by Crippen LogP contribution is 2.35. The number of hydrogen-bond acceptors (Lipinski definition) is 7. The van der Waals surface area contributed by atoms with Crippen molar-refractivity contribution in [1.82, 2.24) is 15.2 Å². The van der Waals surface area contributed by atoms with Crippen molar-refractivity contribution in [2.75, 3.05) is 44.4 Å². The highest BCUT2D eigenvalue weighted by molar-refractivity contribution is 9.10. The Kier molecular flexibility index (Phi) is 10.0. The Bertz CT molecular complexity index is 1370. The van der Waals surface area contributed by atoms with Gasteiger partial charge in [0.25, 0.3) is 5.91 Å². The third-order valence-electron chi connectivity index (χ3n) is 7.73. The zero-order chi connectivity index (χ0) is 30.6. The molecule has 1 amide bonds. The molecule has 0 unspecified atom stereocenters. The predicted octanol–water partition coefficient (Wildman–Crippen LogP) is 6.29. The number of nitrogens with zero attached hydrogens (tertiary/aromatic N) is 3. The van der Waals surface area contributed by atoms with Gasteiger partial charge in [-0.2, -0.15) is 22.0 Å². The number of halogens is 6. The van der Waals surface area contributed by atoms with Crippen LogP contribution in [0.5, 0.6) is 0 Å². The monoisotopic (exact) mass is 688 g/mol. The van der Waals surface area contributed by atoms with Crippen LogP contribution >= 0.6 is 27.3 Å². The van der Waals surface area contributed by atoms with E-state index in [0.717, 1.165) is 22.2 Å². The van der Waals surface area contributed by atoms with Gasteiger partial charge >= 0.3 is 12.8 Å². The van der Waals surface area contributed by atoms with Crippen LogP contribution < -0.4 is 10.2 Å². The maximum atomic E-state index is 13.5. The smallest absolute Gasteiger partial charge is 0.381 e. The van der Waals surface area contributed by atoms with Crippen LogP contribution in [0.2, 0.25) is 0 Å². The van der Waals surface area contributed by atoms with E-state index < -0.39 is 29.9 Å². The zero-order valence-corrected chi connectivity index (χ0v) is 25.4. The van der Waals surface area contributed by atoms with Gasteiger partial charge in [0.15, 0.2) is 5.13 Å². The summed E-state index contributed by atoms with van der Waals surface area (Å²) in [4.78, 5) is 22.2. The van der Waals surface area contributed by atoms with E-state index >= 15 is 0 Å². The summed E-state index contributed by atoms with van der Waals surface area (Å²) in [7, 11) is 0. The molecule has 0 saturated carbocycles. The lowest BCUT2D eigenvalue weighted by molar-refractivity contribution is -0.137. The van der Waals surface area contributed by atoms with Gasteiger partial charge in [0.05, 0.1) is 29.9 Å². The van der Waals surface area contributed by atoms with Gasteiger partial charge in [0.2, 0.25) is 0 Å². The van der Waals surface area contributed by atoms with Crippen molar-refractivity contribution in [2.45, 2.75) is 43.8 Å². The summed E-state index contributed by atoms with van der Waals surface area (Å²) >= 11 is 4.63. The first-order chi connectivity index (χ1) is 20.5. The van der Waals surface area contributed by atoms with Gasteiger partial charge in [0, 0.05) is 43.9 Å². The molecule has 2 saturated heterocycles. The third kappa shape index (κ3) is 7.90. The molecule has 0 radical (unpaired) electrons. The Morgan fingerprint density at radius 3 is 2.47 bits per heavy atom. The molecule has 43 heavy (non-hydrogen) atoms. The van der Waals surface area contributed by atoms with E-state index in [1.165, 1.54) is 29.7 Å². The average molecular weight is 690 g/mol. The van der Waals surface area contributed by atoms with Crippen molar-refractivity contribution in [1.29, 1.82) is 0 Å². The highest BCUT2D eigenvalue weighted by atomic mass is 79.9. The molecule has 7 nitrogen and oxygen atoms in total. The summed E-state index contributed by atoms with van der Waals surface area (Å²) in [5.41, 5.74) is 0.325. The van der Waals surface area contributed by atoms with Crippen LogP contribution in [0, 0.1) is 0 Å². The fourth-order valence-corrected chi connectivity index (χ4v) is 6.63. The summed E-state index contributed by atoms with van der Waals surface area (Å²) in [5, 5.41) is 3.72. The van der Waals surface area contributed by atoms with E-state index in [0.29, 0.717) is 67.8 Å². The van der Waals surface area contributed by atoms with Gasteiger partial charge < -0.3 is 19.7 Å². The Morgan fingerprint density at radius 1 is 1.12 bits per heavy atom. The third-order valence-corrected chi connectivity index (χ3v) is 9.29. The average Bonchev–Trinajstić information content (AvgIpc) is 3.47. The first kappa shape index (κ1) is 31.8. The standard InChI is InChI=1S/C29H30BrF5N4O3S/c30-22-7-5-20(6-8-22)28(9-13-41-14-10-28)37-25(40)24-15-36-27(43-24)39-12-11-38(17-23(39)18-42-26(31)32)16-19-1-3-21(4-2-19)29(33,34)35/h1-8,15,23,26H,9-14,16-18H2,(H,37,40)/t23-/m0/s1. The molecule has 2 aliphatic heterocycles. The maximum absolute atomic E-state index is 13.5. The highest BCUT2D eigenvalue weighted by Gasteiger charge is 2.37. The number of nitrogens with one attached hydrogen (secondary N) is 1. The molecule has 3 heterocycles. The van der Waals surface area contributed by atoms with Crippen molar-refractivity contribution < 1.29 is 36.2 Å². The van der Waals surface area contributed by atoms with Crippen molar-refractivity contribution in [3.05, 3.63) is 80.8 Å². The minimum absolute atomic E-state index is 0.283. The topological polar surface area (TPSA) is 66.9 Å². The first-order valence-corrected chi connectivity index (χ1v) is 15.3. The van der Waals surface area contributed by atoms with E-state index in [4.69, 9.17) is 4.74 Å². The van der Waals surface area contributed by atoms with Gasteiger partial charge in [-0.1, -0.05) is 51.5 Å². The number of carbonyl (C=O) groups is 1. The number of carbonyl (C=O) groups excluding carboxylic acids is 1. The minimum atomic E-state index is -4.42. The van der Waals surface area contributed by atoms with E-state index in [1.807, 2.05) is 34.1 Å². The number of aromatic nitrogens is 1. The van der Waals surface area contributed by atoms with Crippen molar-refractivity contribution in [3.63, 3.8) is 0 Å². The van der Waals surface area contributed by atoms with E-state index in [1.54, 1.807) is 0 Å². The van der Waals surface area contributed by atoms with Crippen LogP contribution in [0.4, 0.5) is 27.1 Å². The van der Waals surface area contributed by atoms with Crippen LogP contribution in [-0.2, 0) is 27.7 Å². The number of ether oxygens (including phenoxy) is 2. The van der Waals surface area contributed by atoms with Crippen LogP contribution in [0.3, 0.4) is 0 Å². The number of benzene rings is 2. The van der Waals surface area contributed by atoms with Crippen molar-refractivity contribution in [3.8, 4) is 0 Å². The second-order valence-electron chi connectivity index (χ2n) is 10.5. The van der Waals surface area contributed by atoms with Crippen molar-refractivity contribution >= 4 is 38.3 Å². The predicted molar refractivity (Wildman–Crippen MR) is 155 cm³/mol. The number of hydrogen-bond donors (Lipinski definition) is 1. The summed E-state index contributed by atoms with van der Waals surface area (Å²) in [5.74, 6) is -0.283. The summed E-state index contributed by atoms with van der Waals surface area (Å²) in [6.07, 6.45) is -1.71. The van der Waals surface area contributed by atoms with Gasteiger partial charge in [-0.25, -0.2) is 4.98 Å². The number of thiazole rings is 1. The molecule has 2 aliphatic rings. The normalized spacial score (nSPS) is 19.5. The van der Waals surface area contributed by atoms with E-state index in [9.17, 15) is 26.7 Å². The van der Waals surface area contributed by atoms with Gasteiger partial charge in [-0.05, 0) is 48.2 Å². The zero-order valence-electron chi connectivity index (χ0n) is 23.0. The number of amides is 1. The van der Waals surface area contributed by atoms with Crippen molar-refractivity contribution in [2.24, 2.45) is 0 Å². The summed E-state index contributed by atoms with van der Waals surface area (Å²) in [6, 6.07) is 12.2. The van der Waals surface area contributed by atoms with Gasteiger partial charge in [-0.15, -0.1) is 0 Å². The fourth-order valence-electron chi connectivity index (χ4n) is 5.46. The van der Waals surface area contributed by atoms with Crippen LogP contribution in [0.1, 0.15) is 39.2 Å². The maximum Gasteiger partial charge on any atom is 0.416 e. The Morgan fingerprint density at radius 2 is 1.81 bits per heavy atom. The molecule has 0 bridgehead atoms. The van der Waals surface area contributed by atoms with Crippen LogP contribution in [0.15, 0.2) is 59.2 Å². The minimum Gasteiger partial charge on any atom is -0.381 e. The fraction of sp³-hybridized carbons (Fsp3) is 0.448. The Labute approximate surface area is 258 Å². The van der Waals surface area contributed by atoms with E-state index in [-0.39, 0.29) is 12.5 Å². The molecule has 5 rings (SSSR count). The molecule has 1 aromatic heterocycles. The number of alkyl halides is 5. The molecule has 0 spiro atoms. The molecule has 0 aliphatic carbocycles. The SMILES string of the molecule is O=C(NC1(c2ccc(Br)cc2)CCOCC1)c1cnc(N2CCN(Cc3ccc(C(F)(F)F)cc3)C[C@H]2COC(F)F)s1. The molecule has 2 fully saturated rings.